The predicted molar refractivity (Wildman–Crippen MR) is 221 cm³/mol. The van der Waals surface area contributed by atoms with Crippen LogP contribution in [0.25, 0.3) is 76.2 Å². The summed E-state index contributed by atoms with van der Waals surface area (Å²) in [5.41, 5.74) is 6.94. The monoisotopic (exact) mass is 677 g/mol. The number of nitrogens with one attached hydrogen (secondary N) is 1. The molecule has 4 nitrogen and oxygen atoms in total. The van der Waals surface area contributed by atoms with Crippen LogP contribution in [0.5, 0.6) is 0 Å². The van der Waals surface area contributed by atoms with Crippen LogP contribution in [0.2, 0.25) is 0 Å². The van der Waals surface area contributed by atoms with Crippen molar-refractivity contribution in [2.24, 2.45) is 9.98 Å². The highest BCUT2D eigenvalue weighted by molar-refractivity contribution is 6.26. The van der Waals surface area contributed by atoms with Crippen molar-refractivity contribution in [3.8, 4) is 11.1 Å². The summed E-state index contributed by atoms with van der Waals surface area (Å²) >= 11 is 0. The molecule has 0 aliphatic carbocycles. The van der Waals surface area contributed by atoms with Crippen molar-refractivity contribution in [1.82, 2.24) is 5.32 Å². The van der Waals surface area contributed by atoms with Crippen LogP contribution in [0.15, 0.2) is 190 Å². The van der Waals surface area contributed by atoms with E-state index in [1.807, 2.05) is 30.3 Å². The zero-order valence-corrected chi connectivity index (χ0v) is 28.6. The first kappa shape index (κ1) is 29.7. The van der Waals surface area contributed by atoms with E-state index in [0.29, 0.717) is 5.84 Å². The highest BCUT2D eigenvalue weighted by Crippen LogP contribution is 2.39. The van der Waals surface area contributed by atoms with Crippen LogP contribution >= 0.6 is 0 Å². The summed E-state index contributed by atoms with van der Waals surface area (Å²) in [5, 5.41) is 15.7. The highest BCUT2D eigenvalue weighted by Gasteiger charge is 2.24. The maximum Gasteiger partial charge on any atom is 0.160 e. The Morgan fingerprint density at radius 1 is 0.434 bits per heavy atom. The molecule has 53 heavy (non-hydrogen) atoms. The lowest BCUT2D eigenvalue weighted by atomic mass is 9.92. The molecule has 1 aliphatic heterocycles. The molecule has 0 fully saturated rings. The van der Waals surface area contributed by atoms with Crippen LogP contribution in [0.4, 0.5) is 0 Å². The van der Waals surface area contributed by atoms with E-state index in [-0.39, 0.29) is 6.17 Å². The summed E-state index contributed by atoms with van der Waals surface area (Å²) in [7, 11) is 0. The summed E-state index contributed by atoms with van der Waals surface area (Å²) in [5.74, 6) is 1.46. The summed E-state index contributed by atoms with van der Waals surface area (Å²) in [6, 6.07) is 62.2. The van der Waals surface area contributed by atoms with Gasteiger partial charge < -0.3 is 9.73 Å². The Bertz CT molecular complexity index is 3120. The number of fused-ring (bicyclic) bond motifs is 10. The van der Waals surface area contributed by atoms with E-state index in [2.05, 4.69) is 151 Å². The molecule has 248 valence electrons. The average Bonchev–Trinajstić information content (AvgIpc) is 3.62. The predicted octanol–water partition coefficient (Wildman–Crippen LogP) is 12.4. The van der Waals surface area contributed by atoms with Crippen LogP contribution in [0, 0.1) is 0 Å². The van der Waals surface area contributed by atoms with Crippen LogP contribution in [0.1, 0.15) is 22.9 Å². The molecule has 0 bridgehead atoms. The summed E-state index contributed by atoms with van der Waals surface area (Å²) < 4.78 is 6.61. The van der Waals surface area contributed by atoms with Gasteiger partial charge in [-0.3, -0.25) is 0 Å². The molecule has 9 aromatic carbocycles. The molecule has 0 saturated heterocycles. The van der Waals surface area contributed by atoms with Gasteiger partial charge >= 0.3 is 0 Å². The fraction of sp³-hybridized carbons (Fsp3) is 0.0204. The molecular weight excluding hydrogens is 647 g/mol. The van der Waals surface area contributed by atoms with Gasteiger partial charge in [0.25, 0.3) is 0 Å². The van der Waals surface area contributed by atoms with Gasteiger partial charge in [-0.2, -0.15) is 0 Å². The summed E-state index contributed by atoms with van der Waals surface area (Å²) in [4.78, 5) is 10.4. The van der Waals surface area contributed by atoms with E-state index in [0.717, 1.165) is 55.6 Å². The molecule has 2 heterocycles. The van der Waals surface area contributed by atoms with E-state index in [1.54, 1.807) is 0 Å². The van der Waals surface area contributed by atoms with Crippen molar-refractivity contribution in [3.05, 3.63) is 193 Å². The lowest BCUT2D eigenvalue weighted by Crippen LogP contribution is -2.33. The minimum absolute atomic E-state index is 0.316. The van der Waals surface area contributed by atoms with Gasteiger partial charge in [-0.15, -0.1) is 0 Å². The summed E-state index contributed by atoms with van der Waals surface area (Å²) in [6.07, 6.45) is -0.316. The summed E-state index contributed by atoms with van der Waals surface area (Å²) in [6.45, 7) is 0. The lowest BCUT2D eigenvalue weighted by Gasteiger charge is -2.24. The fourth-order valence-electron chi connectivity index (χ4n) is 8.14. The van der Waals surface area contributed by atoms with E-state index < -0.39 is 0 Å². The largest absolute Gasteiger partial charge is 0.456 e. The van der Waals surface area contributed by atoms with E-state index in [4.69, 9.17) is 14.4 Å². The van der Waals surface area contributed by atoms with Crippen LogP contribution < -0.4 is 5.32 Å². The van der Waals surface area contributed by atoms with E-state index in [9.17, 15) is 0 Å². The molecule has 0 amide bonds. The van der Waals surface area contributed by atoms with Crippen LogP contribution in [-0.4, -0.2) is 11.7 Å². The molecule has 4 heteroatoms. The van der Waals surface area contributed by atoms with Crippen molar-refractivity contribution in [2.45, 2.75) is 6.17 Å². The molecule has 1 atom stereocenters. The Balaban J connectivity index is 1.06. The van der Waals surface area contributed by atoms with Crippen LogP contribution in [-0.2, 0) is 0 Å². The zero-order valence-electron chi connectivity index (χ0n) is 28.6. The molecule has 0 spiro atoms. The zero-order chi connectivity index (χ0) is 34.9. The minimum atomic E-state index is -0.316. The number of rotatable bonds is 4. The molecular formula is C49H31N3O. The SMILES string of the molecule is c1ccc(C2=NC(c3cccc4oc5cc(-c6ccc7c8ccccc8c8ccccc8c7c6)ccc5c34)=NC(c3ccc4ccccc4c3)N2)cc1. The van der Waals surface area contributed by atoms with Crippen molar-refractivity contribution in [1.29, 1.82) is 0 Å². The first-order valence-corrected chi connectivity index (χ1v) is 18.0. The van der Waals surface area contributed by atoms with Crippen molar-refractivity contribution < 1.29 is 4.42 Å². The van der Waals surface area contributed by atoms with Gasteiger partial charge in [0, 0.05) is 21.9 Å². The number of hydrogen-bond acceptors (Lipinski definition) is 4. The quantitative estimate of drug-likeness (QED) is 0.189. The molecule has 10 aromatic rings. The number of benzene rings is 9. The molecule has 11 rings (SSSR count). The third-order valence-corrected chi connectivity index (χ3v) is 10.7. The first-order chi connectivity index (χ1) is 26.2. The minimum Gasteiger partial charge on any atom is -0.456 e. The second-order valence-corrected chi connectivity index (χ2v) is 13.8. The van der Waals surface area contributed by atoms with Gasteiger partial charge in [0.05, 0.1) is 0 Å². The molecule has 1 unspecified atom stereocenters. The van der Waals surface area contributed by atoms with E-state index in [1.165, 1.54) is 43.1 Å². The molecule has 1 aliphatic rings. The highest BCUT2D eigenvalue weighted by atomic mass is 16.3. The first-order valence-electron chi connectivity index (χ1n) is 18.0. The Morgan fingerprint density at radius 3 is 1.85 bits per heavy atom. The molecule has 1 aromatic heterocycles. The Morgan fingerprint density at radius 2 is 1.08 bits per heavy atom. The Hall–Kier alpha value is -7.04. The Kier molecular flexibility index (Phi) is 6.58. The second kappa shape index (κ2) is 11.8. The lowest BCUT2D eigenvalue weighted by molar-refractivity contribution is 0.668. The maximum atomic E-state index is 6.61. The number of amidine groups is 2. The maximum absolute atomic E-state index is 6.61. The van der Waals surface area contributed by atoms with Crippen molar-refractivity contribution in [2.75, 3.05) is 0 Å². The fourth-order valence-corrected chi connectivity index (χ4v) is 8.14. The van der Waals surface area contributed by atoms with E-state index >= 15 is 0 Å². The van der Waals surface area contributed by atoms with Crippen molar-refractivity contribution in [3.63, 3.8) is 0 Å². The van der Waals surface area contributed by atoms with Gasteiger partial charge in [0.1, 0.15) is 23.2 Å². The smallest absolute Gasteiger partial charge is 0.160 e. The topological polar surface area (TPSA) is 49.9 Å². The molecule has 0 radical (unpaired) electrons. The van der Waals surface area contributed by atoms with Gasteiger partial charge in [0.2, 0.25) is 0 Å². The molecule has 0 saturated carbocycles. The van der Waals surface area contributed by atoms with Gasteiger partial charge in [-0.05, 0) is 90.1 Å². The standard InChI is InChI=1S/C49H31N3O/c1-2-12-31(13-3-1)47-50-48(35-22-21-30-11-4-5-14-32(30)27-35)52-49(51-47)42-19-10-20-44-46(42)41-26-24-34(29-45(41)53-44)33-23-25-40-38-17-7-6-15-36(38)37-16-8-9-18-39(37)43(40)28-33/h1-29,48H,(H,50,51,52). The van der Waals surface area contributed by atoms with Gasteiger partial charge in [0.15, 0.2) is 5.84 Å². The number of nitrogens with zero attached hydrogens (tertiary/aromatic N) is 2. The normalized spacial score (nSPS) is 14.6. The second-order valence-electron chi connectivity index (χ2n) is 13.8. The third kappa shape index (κ3) is 4.84. The molecule has 1 N–H and O–H groups in total. The Labute approximate surface area is 305 Å². The van der Waals surface area contributed by atoms with Crippen molar-refractivity contribution >= 4 is 76.7 Å². The van der Waals surface area contributed by atoms with Crippen LogP contribution in [0.3, 0.4) is 0 Å². The number of aliphatic imine (C=N–C) groups is 2. The van der Waals surface area contributed by atoms with Gasteiger partial charge in [-0.1, -0.05) is 146 Å². The average molecular weight is 678 g/mol. The number of hydrogen-bond donors (Lipinski definition) is 1. The third-order valence-electron chi connectivity index (χ3n) is 10.7. The van der Waals surface area contributed by atoms with Gasteiger partial charge in [-0.25, -0.2) is 9.98 Å². The number of furan rings is 1.